The molecule has 2 aromatic rings. The summed E-state index contributed by atoms with van der Waals surface area (Å²) in [5.41, 5.74) is -0.568. The maximum absolute atomic E-state index is 13.1. The number of methoxy groups -OCH3 is 1. The smallest absolute Gasteiger partial charge is 0.416 e. The summed E-state index contributed by atoms with van der Waals surface area (Å²) in [5.74, 6) is -1.92. The number of hydrogen-bond donors (Lipinski definition) is 1. The van der Waals surface area contributed by atoms with E-state index < -0.39 is 23.6 Å². The minimum absolute atomic E-state index is 0.0998. The monoisotopic (exact) mass is 379 g/mol. The fraction of sp³-hybridized carbons (Fsp3) is 0.211. The molecule has 1 N–H and O–H groups in total. The Balaban J connectivity index is 2.41. The van der Waals surface area contributed by atoms with Crippen LogP contribution < -0.4 is 5.32 Å². The second-order valence-corrected chi connectivity index (χ2v) is 5.83. The van der Waals surface area contributed by atoms with E-state index in [0.717, 1.165) is 13.2 Å². The lowest BCUT2D eigenvalue weighted by Crippen LogP contribution is -2.15. The molecular weight excluding hydrogens is 363 g/mol. The van der Waals surface area contributed by atoms with E-state index in [-0.39, 0.29) is 22.6 Å². The molecule has 0 fully saturated rings. The number of carbonyl (C=O) groups excluding carboxylic acids is 3. The summed E-state index contributed by atoms with van der Waals surface area (Å²) in [6.07, 6.45) is -4.71. The molecule has 142 valence electrons. The highest BCUT2D eigenvalue weighted by Crippen LogP contribution is 2.32. The highest BCUT2D eigenvalue weighted by Gasteiger charge is 2.32. The molecule has 5 nitrogen and oxygen atoms in total. The molecular formula is C19H16F3NO4. The molecule has 0 spiro atoms. The number of esters is 1. The zero-order valence-corrected chi connectivity index (χ0v) is 14.7. The van der Waals surface area contributed by atoms with Gasteiger partial charge in [-0.25, -0.2) is 4.79 Å². The summed E-state index contributed by atoms with van der Waals surface area (Å²) in [6.45, 7) is 3.05. The van der Waals surface area contributed by atoms with E-state index in [2.05, 4.69) is 10.1 Å². The Labute approximate surface area is 153 Å². The lowest BCUT2D eigenvalue weighted by atomic mass is 10.0. The van der Waals surface area contributed by atoms with Gasteiger partial charge in [-0.05, 0) is 49.7 Å². The number of nitrogens with one attached hydrogen (secondary N) is 1. The zero-order valence-electron chi connectivity index (χ0n) is 14.7. The van der Waals surface area contributed by atoms with E-state index in [1.807, 2.05) is 0 Å². The van der Waals surface area contributed by atoms with E-state index in [1.54, 1.807) is 13.0 Å². The second kappa shape index (κ2) is 7.61. The summed E-state index contributed by atoms with van der Waals surface area (Å²) in [4.78, 5) is 35.6. The highest BCUT2D eigenvalue weighted by atomic mass is 19.4. The molecule has 0 aliphatic carbocycles. The van der Waals surface area contributed by atoms with Crippen LogP contribution in [-0.2, 0) is 10.9 Å². The van der Waals surface area contributed by atoms with Crippen LogP contribution in [0.15, 0.2) is 36.4 Å². The van der Waals surface area contributed by atoms with E-state index in [4.69, 9.17) is 0 Å². The van der Waals surface area contributed by atoms with Crippen molar-refractivity contribution in [1.82, 2.24) is 0 Å². The standard InChI is InChI=1S/C19H16F3NO4/c1-10-4-5-12(8-16(10)11(2)24)17(25)23-15-7-13(18(26)27-3)6-14(9-15)19(20,21)22/h4-9H,1-3H3,(H,23,25). The number of amides is 1. The van der Waals surface area contributed by atoms with E-state index in [1.165, 1.54) is 19.1 Å². The third-order valence-electron chi connectivity index (χ3n) is 3.82. The van der Waals surface area contributed by atoms with Gasteiger partial charge in [0.15, 0.2) is 5.78 Å². The molecule has 2 aromatic carbocycles. The average Bonchev–Trinajstić information content (AvgIpc) is 2.60. The lowest BCUT2D eigenvalue weighted by Gasteiger charge is -2.13. The molecule has 0 unspecified atom stereocenters. The van der Waals surface area contributed by atoms with Gasteiger partial charge in [0.2, 0.25) is 0 Å². The van der Waals surface area contributed by atoms with Gasteiger partial charge in [-0.15, -0.1) is 0 Å². The number of ketones is 1. The Bertz CT molecular complexity index is 920. The fourth-order valence-electron chi connectivity index (χ4n) is 2.44. The molecule has 1 amide bonds. The van der Waals surface area contributed by atoms with Crippen LogP contribution >= 0.6 is 0 Å². The third-order valence-corrected chi connectivity index (χ3v) is 3.82. The molecule has 0 aliphatic rings. The quantitative estimate of drug-likeness (QED) is 0.637. The zero-order chi connectivity index (χ0) is 20.4. The first kappa shape index (κ1) is 20.2. The maximum Gasteiger partial charge on any atom is 0.416 e. The number of halogens is 3. The van der Waals surface area contributed by atoms with Gasteiger partial charge >= 0.3 is 12.1 Å². The van der Waals surface area contributed by atoms with Crippen molar-refractivity contribution in [2.24, 2.45) is 0 Å². The number of alkyl halides is 3. The summed E-state index contributed by atoms with van der Waals surface area (Å²) in [5, 5.41) is 2.32. The Kier molecular flexibility index (Phi) is 5.68. The van der Waals surface area contributed by atoms with Crippen molar-refractivity contribution in [1.29, 1.82) is 0 Å². The van der Waals surface area contributed by atoms with Crippen LogP contribution in [0.3, 0.4) is 0 Å². The number of Topliss-reactive ketones (excluding diaryl/α,β-unsaturated/α-hetero) is 1. The van der Waals surface area contributed by atoms with Crippen molar-refractivity contribution in [3.8, 4) is 0 Å². The molecule has 27 heavy (non-hydrogen) atoms. The largest absolute Gasteiger partial charge is 0.465 e. The van der Waals surface area contributed by atoms with E-state index in [9.17, 15) is 27.6 Å². The Morgan fingerprint density at radius 3 is 2.22 bits per heavy atom. The maximum atomic E-state index is 13.1. The van der Waals surface area contributed by atoms with Gasteiger partial charge in [0.25, 0.3) is 5.91 Å². The van der Waals surface area contributed by atoms with Crippen LogP contribution in [0, 0.1) is 6.92 Å². The minimum atomic E-state index is -4.71. The first-order chi connectivity index (χ1) is 12.5. The van der Waals surface area contributed by atoms with Crippen LogP contribution in [0.4, 0.5) is 18.9 Å². The molecule has 0 heterocycles. The van der Waals surface area contributed by atoms with Crippen LogP contribution in [0.1, 0.15) is 49.1 Å². The molecule has 0 bridgehead atoms. The molecule has 0 radical (unpaired) electrons. The van der Waals surface area contributed by atoms with Gasteiger partial charge < -0.3 is 10.1 Å². The summed E-state index contributed by atoms with van der Waals surface area (Å²) in [6, 6.07) is 6.82. The molecule has 0 saturated heterocycles. The van der Waals surface area contributed by atoms with Crippen LogP contribution in [0.25, 0.3) is 0 Å². The van der Waals surface area contributed by atoms with Gasteiger partial charge in [-0.3, -0.25) is 9.59 Å². The van der Waals surface area contributed by atoms with Crippen molar-refractivity contribution in [3.05, 3.63) is 64.2 Å². The molecule has 8 heteroatoms. The Morgan fingerprint density at radius 1 is 1.00 bits per heavy atom. The summed E-state index contributed by atoms with van der Waals surface area (Å²) < 4.78 is 43.6. The number of hydrogen-bond acceptors (Lipinski definition) is 4. The van der Waals surface area contributed by atoms with Gasteiger partial charge in [0.05, 0.1) is 18.2 Å². The number of benzene rings is 2. The number of aryl methyl sites for hydroxylation is 1. The van der Waals surface area contributed by atoms with E-state index in [0.29, 0.717) is 23.3 Å². The van der Waals surface area contributed by atoms with Gasteiger partial charge in [-0.1, -0.05) is 6.07 Å². The normalized spacial score (nSPS) is 11.0. The third kappa shape index (κ3) is 4.72. The lowest BCUT2D eigenvalue weighted by molar-refractivity contribution is -0.137. The predicted molar refractivity (Wildman–Crippen MR) is 91.9 cm³/mol. The number of carbonyl (C=O) groups is 3. The second-order valence-electron chi connectivity index (χ2n) is 5.83. The van der Waals surface area contributed by atoms with Crippen molar-refractivity contribution in [2.75, 3.05) is 12.4 Å². The molecule has 0 aromatic heterocycles. The van der Waals surface area contributed by atoms with Gasteiger partial charge in [-0.2, -0.15) is 13.2 Å². The summed E-state index contributed by atoms with van der Waals surface area (Å²) >= 11 is 0. The number of ether oxygens (including phenoxy) is 1. The number of rotatable bonds is 4. The first-order valence-corrected chi connectivity index (χ1v) is 7.76. The van der Waals surface area contributed by atoms with Crippen molar-refractivity contribution in [3.63, 3.8) is 0 Å². The molecule has 0 aliphatic heterocycles. The van der Waals surface area contributed by atoms with Crippen molar-refractivity contribution < 1.29 is 32.3 Å². The first-order valence-electron chi connectivity index (χ1n) is 7.76. The van der Waals surface area contributed by atoms with Gasteiger partial charge in [0.1, 0.15) is 0 Å². The molecule has 0 atom stereocenters. The topological polar surface area (TPSA) is 72.5 Å². The van der Waals surface area contributed by atoms with Crippen LogP contribution in [-0.4, -0.2) is 24.8 Å². The Morgan fingerprint density at radius 2 is 1.67 bits per heavy atom. The van der Waals surface area contributed by atoms with Gasteiger partial charge in [0, 0.05) is 16.8 Å². The van der Waals surface area contributed by atoms with Crippen LogP contribution in [0.2, 0.25) is 0 Å². The SMILES string of the molecule is COC(=O)c1cc(NC(=O)c2ccc(C)c(C(C)=O)c2)cc(C(F)(F)F)c1. The molecule has 2 rings (SSSR count). The van der Waals surface area contributed by atoms with Crippen molar-refractivity contribution >= 4 is 23.3 Å². The fourth-order valence-corrected chi connectivity index (χ4v) is 2.44. The minimum Gasteiger partial charge on any atom is -0.465 e. The Hall–Kier alpha value is -3.16. The summed E-state index contributed by atoms with van der Waals surface area (Å²) in [7, 11) is 1.04. The highest BCUT2D eigenvalue weighted by molar-refractivity contribution is 6.07. The number of anilines is 1. The average molecular weight is 379 g/mol. The molecule has 0 saturated carbocycles. The van der Waals surface area contributed by atoms with E-state index >= 15 is 0 Å². The predicted octanol–water partition coefficient (Wildman–Crippen LogP) is 4.26. The van der Waals surface area contributed by atoms with Crippen LogP contribution in [0.5, 0.6) is 0 Å². The van der Waals surface area contributed by atoms with Crippen molar-refractivity contribution in [2.45, 2.75) is 20.0 Å².